The number of hydrogen-bond donors (Lipinski definition) is 0. The number of ether oxygens (including phenoxy) is 2. The summed E-state index contributed by atoms with van der Waals surface area (Å²) in [6.07, 6.45) is 2.68. The van der Waals surface area contributed by atoms with Crippen molar-refractivity contribution in [2.45, 2.75) is 40.2 Å². The summed E-state index contributed by atoms with van der Waals surface area (Å²) in [7, 11) is 0. The zero-order valence-corrected chi connectivity index (χ0v) is 17.2. The second-order valence-corrected chi connectivity index (χ2v) is 7.61. The van der Waals surface area contributed by atoms with Crippen LogP contribution in [0.2, 0.25) is 5.02 Å². The molecule has 4 nitrogen and oxygen atoms in total. The van der Waals surface area contributed by atoms with Crippen molar-refractivity contribution in [3.8, 4) is 11.5 Å². The fourth-order valence-corrected chi connectivity index (χ4v) is 3.90. The Hall–Kier alpha value is -1.24. The lowest BCUT2D eigenvalue weighted by atomic mass is 10.1. The third-order valence-electron chi connectivity index (χ3n) is 3.71. The number of carbonyl (C=O) groups is 1. The van der Waals surface area contributed by atoms with Crippen LogP contribution < -0.4 is 9.47 Å². The number of hydrogen-bond acceptors (Lipinski definition) is 5. The smallest absolute Gasteiger partial charge is 0.266 e. The molecule has 0 radical (unpaired) electrons. The average molecular weight is 400 g/mol. The van der Waals surface area contributed by atoms with Gasteiger partial charge in [0.15, 0.2) is 11.5 Å². The molecular formula is C18H22ClNO3S2. The molecule has 7 heteroatoms. The highest BCUT2D eigenvalue weighted by molar-refractivity contribution is 8.26. The third-order valence-corrected chi connectivity index (χ3v) is 5.37. The first kappa shape index (κ1) is 20.1. The van der Waals surface area contributed by atoms with Gasteiger partial charge in [0, 0.05) is 6.54 Å². The number of thiocarbonyl (C=S) groups is 1. The lowest BCUT2D eigenvalue weighted by Gasteiger charge is -2.18. The number of nitrogens with zero attached hydrogens (tertiary/aromatic N) is 1. The van der Waals surface area contributed by atoms with Crippen molar-refractivity contribution in [3.05, 3.63) is 27.6 Å². The molecule has 1 aromatic carbocycles. The molecular weight excluding hydrogens is 378 g/mol. The minimum absolute atomic E-state index is 0.0309. The Morgan fingerprint density at radius 1 is 1.36 bits per heavy atom. The highest BCUT2D eigenvalue weighted by Crippen LogP contribution is 2.39. The minimum Gasteiger partial charge on any atom is -0.490 e. The molecule has 0 aromatic heterocycles. The van der Waals surface area contributed by atoms with Crippen molar-refractivity contribution in [1.29, 1.82) is 0 Å². The number of benzene rings is 1. The van der Waals surface area contributed by atoms with Gasteiger partial charge in [-0.25, -0.2) is 0 Å². The van der Waals surface area contributed by atoms with Gasteiger partial charge in [0.05, 0.1) is 22.6 Å². The fraction of sp³-hybridized carbons (Fsp3) is 0.444. The Morgan fingerprint density at radius 2 is 2.08 bits per heavy atom. The number of amides is 1. The number of halogens is 1. The van der Waals surface area contributed by atoms with E-state index in [2.05, 4.69) is 0 Å². The van der Waals surface area contributed by atoms with Crippen LogP contribution in [0.4, 0.5) is 0 Å². The van der Waals surface area contributed by atoms with Crippen LogP contribution in [0.15, 0.2) is 17.0 Å². The molecule has 1 aromatic rings. The Morgan fingerprint density at radius 3 is 2.64 bits per heavy atom. The summed E-state index contributed by atoms with van der Waals surface area (Å²) < 4.78 is 12.2. The number of rotatable bonds is 7. The Bertz CT molecular complexity index is 706. The predicted molar refractivity (Wildman–Crippen MR) is 109 cm³/mol. The summed E-state index contributed by atoms with van der Waals surface area (Å²) in [4.78, 5) is 14.5. The molecule has 0 bridgehead atoms. The van der Waals surface area contributed by atoms with E-state index in [9.17, 15) is 4.79 Å². The molecule has 0 aliphatic carbocycles. The van der Waals surface area contributed by atoms with Gasteiger partial charge >= 0.3 is 0 Å². The SMILES string of the molecule is CCOc1cc(/C=C2\SC(=S)N(CC)C2=O)cc(Cl)c1O[C@H](C)CC. The monoisotopic (exact) mass is 399 g/mol. The standard InChI is InChI=1S/C18H22ClNO3S2/c1-5-11(4)23-16-13(19)8-12(9-14(16)22-7-3)10-15-17(21)20(6-2)18(24)25-15/h8-11H,5-7H2,1-4H3/b15-10-/t11-/m1/s1. The second-order valence-electron chi connectivity index (χ2n) is 5.53. The van der Waals surface area contributed by atoms with Crippen molar-refractivity contribution < 1.29 is 14.3 Å². The third kappa shape index (κ3) is 4.68. The largest absolute Gasteiger partial charge is 0.490 e. The van der Waals surface area contributed by atoms with Crippen molar-refractivity contribution in [1.82, 2.24) is 4.90 Å². The van der Waals surface area contributed by atoms with E-state index in [1.165, 1.54) is 11.8 Å². The van der Waals surface area contributed by atoms with Gasteiger partial charge in [-0.2, -0.15) is 0 Å². The number of thioether (sulfide) groups is 1. The van der Waals surface area contributed by atoms with Gasteiger partial charge in [0.2, 0.25) is 0 Å². The first-order valence-electron chi connectivity index (χ1n) is 8.29. The Labute approximate surface area is 163 Å². The lowest BCUT2D eigenvalue weighted by molar-refractivity contribution is -0.121. The molecule has 1 aliphatic heterocycles. The van der Waals surface area contributed by atoms with Crippen molar-refractivity contribution in [3.63, 3.8) is 0 Å². The molecule has 1 atom stereocenters. The molecule has 0 spiro atoms. The minimum atomic E-state index is -0.0773. The second kappa shape index (κ2) is 8.92. The maximum atomic E-state index is 12.4. The molecule has 0 unspecified atom stereocenters. The predicted octanol–water partition coefficient (Wildman–Crippen LogP) is 5.14. The summed E-state index contributed by atoms with van der Waals surface area (Å²) >= 11 is 13.0. The molecule has 1 heterocycles. The van der Waals surface area contributed by atoms with Crippen LogP contribution in [-0.4, -0.2) is 34.4 Å². The molecule has 1 saturated heterocycles. The molecule has 1 amide bonds. The van der Waals surface area contributed by atoms with Crippen LogP contribution in [0.3, 0.4) is 0 Å². The van der Waals surface area contributed by atoms with Gasteiger partial charge in [-0.1, -0.05) is 42.5 Å². The van der Waals surface area contributed by atoms with Crippen LogP contribution in [-0.2, 0) is 4.79 Å². The molecule has 1 fully saturated rings. The summed E-state index contributed by atoms with van der Waals surface area (Å²) in [5, 5.41) is 0.462. The highest BCUT2D eigenvalue weighted by Gasteiger charge is 2.30. The normalized spacial score (nSPS) is 17.3. The van der Waals surface area contributed by atoms with Gasteiger partial charge in [-0.05, 0) is 51.0 Å². The van der Waals surface area contributed by atoms with Gasteiger partial charge in [0.1, 0.15) is 4.32 Å². The Balaban J connectivity index is 2.38. The van der Waals surface area contributed by atoms with Crippen molar-refractivity contribution >= 4 is 51.9 Å². The quantitative estimate of drug-likeness (QED) is 0.469. The van der Waals surface area contributed by atoms with E-state index in [1.807, 2.05) is 33.8 Å². The zero-order valence-electron chi connectivity index (χ0n) is 14.8. The van der Waals surface area contributed by atoms with Gasteiger partial charge < -0.3 is 9.47 Å². The van der Waals surface area contributed by atoms with E-state index in [0.717, 1.165) is 12.0 Å². The van der Waals surface area contributed by atoms with E-state index in [-0.39, 0.29) is 12.0 Å². The number of carbonyl (C=O) groups excluding carboxylic acids is 1. The maximum absolute atomic E-state index is 12.4. The zero-order chi connectivity index (χ0) is 18.6. The fourth-order valence-electron chi connectivity index (χ4n) is 2.26. The molecule has 2 rings (SSSR count). The van der Waals surface area contributed by atoms with E-state index >= 15 is 0 Å². The van der Waals surface area contributed by atoms with Crippen LogP contribution in [0.25, 0.3) is 6.08 Å². The van der Waals surface area contributed by atoms with E-state index in [4.69, 9.17) is 33.3 Å². The molecule has 1 aliphatic rings. The van der Waals surface area contributed by atoms with Gasteiger partial charge in [-0.15, -0.1) is 0 Å². The van der Waals surface area contributed by atoms with Crippen LogP contribution >= 0.6 is 35.6 Å². The molecule has 136 valence electrons. The van der Waals surface area contributed by atoms with Crippen molar-refractivity contribution in [2.24, 2.45) is 0 Å². The molecule has 0 saturated carbocycles. The maximum Gasteiger partial charge on any atom is 0.266 e. The van der Waals surface area contributed by atoms with E-state index in [0.29, 0.717) is 38.9 Å². The van der Waals surface area contributed by atoms with Crippen LogP contribution in [0.5, 0.6) is 11.5 Å². The van der Waals surface area contributed by atoms with Gasteiger partial charge in [-0.3, -0.25) is 9.69 Å². The summed E-state index contributed by atoms with van der Waals surface area (Å²) in [5.74, 6) is 1.04. The summed E-state index contributed by atoms with van der Waals surface area (Å²) in [6, 6.07) is 3.62. The van der Waals surface area contributed by atoms with E-state index in [1.54, 1.807) is 17.0 Å². The lowest BCUT2D eigenvalue weighted by Crippen LogP contribution is -2.27. The Kier molecular flexibility index (Phi) is 7.16. The average Bonchev–Trinajstić information content (AvgIpc) is 2.84. The molecule has 25 heavy (non-hydrogen) atoms. The van der Waals surface area contributed by atoms with Crippen LogP contribution in [0, 0.1) is 0 Å². The number of likely N-dealkylation sites (N-methyl/N-ethyl adjacent to an activating group) is 1. The topological polar surface area (TPSA) is 38.8 Å². The first-order chi connectivity index (χ1) is 11.9. The highest BCUT2D eigenvalue weighted by atomic mass is 35.5. The van der Waals surface area contributed by atoms with Crippen molar-refractivity contribution in [2.75, 3.05) is 13.2 Å². The van der Waals surface area contributed by atoms with Crippen LogP contribution in [0.1, 0.15) is 39.7 Å². The summed E-state index contributed by atoms with van der Waals surface area (Å²) in [5.41, 5.74) is 0.779. The van der Waals surface area contributed by atoms with Gasteiger partial charge in [0.25, 0.3) is 5.91 Å². The molecule has 0 N–H and O–H groups in total. The van der Waals surface area contributed by atoms with E-state index < -0.39 is 0 Å². The summed E-state index contributed by atoms with van der Waals surface area (Å²) in [6.45, 7) is 8.89. The first-order valence-corrected chi connectivity index (χ1v) is 9.89.